The molecule has 0 spiro atoms. The summed E-state index contributed by atoms with van der Waals surface area (Å²) < 4.78 is 10.5. The Balaban J connectivity index is 2.08. The summed E-state index contributed by atoms with van der Waals surface area (Å²) in [5.41, 5.74) is 1.99. The summed E-state index contributed by atoms with van der Waals surface area (Å²) in [5.74, 6) is -0.631. The van der Waals surface area contributed by atoms with Gasteiger partial charge in [0, 0.05) is 18.7 Å². The van der Waals surface area contributed by atoms with Gasteiger partial charge in [-0.1, -0.05) is 30.3 Å². The first-order valence-electron chi connectivity index (χ1n) is 10.1. The lowest BCUT2D eigenvalue weighted by molar-refractivity contribution is -0.384. The number of hydrogen-bond acceptors (Lipinski definition) is 8. The SMILES string of the molecule is COC(=O)C1=C(C)N=C(OC)N(N(C=O)CCc2ccccc2)C1c1ccc([N+](=O)[O-])cc1. The van der Waals surface area contributed by atoms with Crippen molar-refractivity contribution >= 4 is 24.1 Å². The van der Waals surface area contributed by atoms with E-state index in [0.29, 0.717) is 24.1 Å². The zero-order valence-electron chi connectivity index (χ0n) is 18.5. The van der Waals surface area contributed by atoms with Gasteiger partial charge in [0.05, 0.1) is 30.4 Å². The van der Waals surface area contributed by atoms with Gasteiger partial charge in [0.1, 0.15) is 6.04 Å². The van der Waals surface area contributed by atoms with E-state index in [9.17, 15) is 19.7 Å². The zero-order chi connectivity index (χ0) is 24.0. The van der Waals surface area contributed by atoms with Crippen molar-refractivity contribution in [3.05, 3.63) is 87.1 Å². The molecule has 10 nitrogen and oxygen atoms in total. The molecule has 0 saturated carbocycles. The molecule has 1 amide bonds. The summed E-state index contributed by atoms with van der Waals surface area (Å²) in [5, 5.41) is 14.0. The van der Waals surface area contributed by atoms with Gasteiger partial charge in [-0.2, -0.15) is 0 Å². The van der Waals surface area contributed by atoms with Crippen LogP contribution in [0.15, 0.2) is 70.9 Å². The van der Waals surface area contributed by atoms with Crippen molar-refractivity contribution in [3.8, 4) is 0 Å². The van der Waals surface area contributed by atoms with Crippen LogP contribution >= 0.6 is 0 Å². The van der Waals surface area contributed by atoms with Crippen molar-refractivity contribution in [3.63, 3.8) is 0 Å². The largest absolute Gasteiger partial charge is 0.467 e. The molecule has 33 heavy (non-hydrogen) atoms. The van der Waals surface area contributed by atoms with Gasteiger partial charge in [-0.15, -0.1) is 0 Å². The number of amides is 1. The molecule has 10 heteroatoms. The Labute approximate surface area is 190 Å². The van der Waals surface area contributed by atoms with Gasteiger partial charge >= 0.3 is 12.0 Å². The van der Waals surface area contributed by atoms with Crippen LogP contribution in [0.1, 0.15) is 24.1 Å². The lowest BCUT2D eigenvalue weighted by Gasteiger charge is -2.41. The van der Waals surface area contributed by atoms with Gasteiger partial charge < -0.3 is 9.47 Å². The highest BCUT2D eigenvalue weighted by atomic mass is 16.6. The zero-order valence-corrected chi connectivity index (χ0v) is 18.5. The molecular formula is C23H24N4O6. The van der Waals surface area contributed by atoms with Crippen LogP contribution < -0.4 is 0 Å². The highest BCUT2D eigenvalue weighted by Crippen LogP contribution is 2.37. The highest BCUT2D eigenvalue weighted by Gasteiger charge is 2.40. The lowest BCUT2D eigenvalue weighted by Crippen LogP contribution is -2.52. The average molecular weight is 452 g/mol. The second-order valence-corrected chi connectivity index (χ2v) is 7.19. The summed E-state index contributed by atoms with van der Waals surface area (Å²) in [7, 11) is 2.66. The molecule has 0 N–H and O–H groups in total. The third kappa shape index (κ3) is 5.00. The van der Waals surface area contributed by atoms with Gasteiger partial charge in [0.15, 0.2) is 0 Å². The highest BCUT2D eigenvalue weighted by molar-refractivity contribution is 5.94. The van der Waals surface area contributed by atoms with E-state index in [2.05, 4.69) is 4.99 Å². The van der Waals surface area contributed by atoms with Gasteiger partial charge in [-0.3, -0.25) is 19.9 Å². The number of ether oxygens (including phenoxy) is 2. The van der Waals surface area contributed by atoms with Gasteiger partial charge in [0.2, 0.25) is 6.41 Å². The Morgan fingerprint density at radius 3 is 2.39 bits per heavy atom. The third-order valence-electron chi connectivity index (χ3n) is 5.25. The molecule has 1 heterocycles. The number of hydrazine groups is 1. The number of non-ortho nitro benzene ring substituents is 1. The second kappa shape index (κ2) is 10.4. The standard InChI is InChI=1S/C23H24N4O6/c1-16-20(22(29)32-2)21(18-9-11-19(12-10-18)27(30)31)26(23(24-16)33-3)25(15-28)14-13-17-7-5-4-6-8-17/h4-12,15,21H,13-14H2,1-3H3. The monoisotopic (exact) mass is 452 g/mol. The smallest absolute Gasteiger partial charge is 0.338 e. The van der Waals surface area contributed by atoms with Crippen molar-refractivity contribution < 1.29 is 24.0 Å². The van der Waals surface area contributed by atoms with E-state index in [0.717, 1.165) is 5.56 Å². The number of benzene rings is 2. The van der Waals surface area contributed by atoms with Crippen LogP contribution in [0.3, 0.4) is 0 Å². The predicted molar refractivity (Wildman–Crippen MR) is 120 cm³/mol. The van der Waals surface area contributed by atoms with Crippen LogP contribution in [0.2, 0.25) is 0 Å². The van der Waals surface area contributed by atoms with Crippen molar-refractivity contribution in [2.45, 2.75) is 19.4 Å². The van der Waals surface area contributed by atoms with Crippen molar-refractivity contribution in [1.29, 1.82) is 0 Å². The number of aliphatic imine (C=N–C) groups is 1. The molecular weight excluding hydrogens is 428 g/mol. The van der Waals surface area contributed by atoms with E-state index >= 15 is 0 Å². The fraction of sp³-hybridized carbons (Fsp3) is 0.261. The average Bonchev–Trinajstić information content (AvgIpc) is 2.84. The van der Waals surface area contributed by atoms with E-state index in [1.807, 2.05) is 30.3 Å². The number of hydrogen-bond donors (Lipinski definition) is 0. The Morgan fingerprint density at radius 1 is 1.18 bits per heavy atom. The summed E-state index contributed by atoms with van der Waals surface area (Å²) in [6, 6.07) is 14.6. The molecule has 3 rings (SSSR count). The maximum absolute atomic E-state index is 12.7. The molecule has 1 aliphatic heterocycles. The summed E-state index contributed by atoms with van der Waals surface area (Å²) in [6.45, 7) is 1.91. The first-order valence-corrected chi connectivity index (χ1v) is 10.1. The molecule has 1 aliphatic rings. The summed E-state index contributed by atoms with van der Waals surface area (Å²) in [4.78, 5) is 39.9. The normalized spacial score (nSPS) is 15.5. The van der Waals surface area contributed by atoms with Crippen LogP contribution in [0, 0.1) is 10.1 Å². The van der Waals surface area contributed by atoms with Crippen molar-refractivity contribution in [2.75, 3.05) is 20.8 Å². The Hall–Kier alpha value is -4.21. The number of nitro groups is 1. The fourth-order valence-corrected chi connectivity index (χ4v) is 3.64. The number of allylic oxidation sites excluding steroid dienone is 1. The maximum Gasteiger partial charge on any atom is 0.338 e. The molecule has 2 aromatic rings. The van der Waals surface area contributed by atoms with Gasteiger partial charge in [-0.05, 0) is 36.6 Å². The number of rotatable bonds is 8. The molecule has 0 aliphatic carbocycles. The minimum Gasteiger partial charge on any atom is -0.467 e. The summed E-state index contributed by atoms with van der Waals surface area (Å²) in [6.07, 6.45) is 1.17. The minimum atomic E-state index is -0.855. The minimum absolute atomic E-state index is 0.0987. The Kier molecular flexibility index (Phi) is 7.39. The first kappa shape index (κ1) is 23.5. The lowest BCUT2D eigenvalue weighted by atomic mass is 9.95. The molecule has 0 fully saturated rings. The Bertz CT molecular complexity index is 1080. The van der Waals surface area contributed by atoms with E-state index in [1.54, 1.807) is 6.92 Å². The molecule has 1 atom stereocenters. The van der Waals surface area contributed by atoms with E-state index < -0.39 is 16.9 Å². The molecule has 2 aromatic carbocycles. The number of amidine groups is 1. The second-order valence-electron chi connectivity index (χ2n) is 7.19. The van der Waals surface area contributed by atoms with Crippen molar-refractivity contribution in [1.82, 2.24) is 10.0 Å². The number of nitrogens with zero attached hydrogens (tertiary/aromatic N) is 4. The summed E-state index contributed by atoms with van der Waals surface area (Å²) >= 11 is 0. The molecule has 172 valence electrons. The molecule has 0 bridgehead atoms. The van der Waals surface area contributed by atoms with E-state index in [-0.39, 0.29) is 23.8 Å². The predicted octanol–water partition coefficient (Wildman–Crippen LogP) is 3.02. The van der Waals surface area contributed by atoms with Crippen LogP contribution in [-0.2, 0) is 25.5 Å². The van der Waals surface area contributed by atoms with Crippen LogP contribution in [0.5, 0.6) is 0 Å². The molecule has 0 radical (unpaired) electrons. The Morgan fingerprint density at radius 2 is 1.85 bits per heavy atom. The number of carbonyl (C=O) groups is 2. The number of carbonyl (C=O) groups excluding carboxylic acids is 2. The topological polar surface area (TPSA) is 115 Å². The van der Waals surface area contributed by atoms with Gasteiger partial charge in [-0.25, -0.2) is 14.8 Å². The van der Waals surface area contributed by atoms with Gasteiger partial charge in [0.25, 0.3) is 5.69 Å². The maximum atomic E-state index is 12.7. The molecule has 0 aromatic heterocycles. The fourth-order valence-electron chi connectivity index (χ4n) is 3.64. The number of nitro benzene ring substituents is 1. The quantitative estimate of drug-likeness (QED) is 0.262. The number of esters is 1. The van der Waals surface area contributed by atoms with Crippen LogP contribution in [0.4, 0.5) is 5.69 Å². The van der Waals surface area contributed by atoms with Crippen LogP contribution in [-0.4, -0.2) is 54.1 Å². The first-order chi connectivity index (χ1) is 15.9. The third-order valence-corrected chi connectivity index (χ3v) is 5.25. The van der Waals surface area contributed by atoms with Crippen molar-refractivity contribution in [2.24, 2.45) is 4.99 Å². The number of methoxy groups -OCH3 is 2. The molecule has 1 unspecified atom stereocenters. The van der Waals surface area contributed by atoms with E-state index in [4.69, 9.17) is 9.47 Å². The van der Waals surface area contributed by atoms with Crippen LogP contribution in [0.25, 0.3) is 0 Å². The van der Waals surface area contributed by atoms with E-state index in [1.165, 1.54) is 48.5 Å². The molecule has 0 saturated heterocycles.